The Morgan fingerprint density at radius 2 is 2.16 bits per heavy atom. The molecule has 1 heterocycles. The maximum atomic E-state index is 11.9. The van der Waals surface area contributed by atoms with Crippen molar-refractivity contribution < 1.29 is 9.32 Å². The van der Waals surface area contributed by atoms with Crippen LogP contribution in [0, 0.1) is 6.92 Å². The van der Waals surface area contributed by atoms with Gasteiger partial charge in [-0.05, 0) is 25.1 Å². The summed E-state index contributed by atoms with van der Waals surface area (Å²) in [5, 5.41) is 6.09. The SMILES string of the molecule is Cc1noc(NC(=O)c2ccc(N(C)C)c(N)c2)n1. The van der Waals surface area contributed by atoms with Gasteiger partial charge < -0.3 is 15.2 Å². The van der Waals surface area contributed by atoms with E-state index in [1.54, 1.807) is 25.1 Å². The second-order valence-corrected chi connectivity index (χ2v) is 4.27. The number of carbonyl (C=O) groups excluding carboxylic acids is 1. The van der Waals surface area contributed by atoms with Gasteiger partial charge in [0.15, 0.2) is 5.82 Å². The highest BCUT2D eigenvalue weighted by atomic mass is 16.5. The van der Waals surface area contributed by atoms with Gasteiger partial charge in [0.25, 0.3) is 5.91 Å². The second kappa shape index (κ2) is 4.97. The zero-order valence-electron chi connectivity index (χ0n) is 11.0. The van der Waals surface area contributed by atoms with Crippen LogP contribution < -0.4 is 16.0 Å². The Morgan fingerprint density at radius 1 is 1.42 bits per heavy atom. The van der Waals surface area contributed by atoms with Gasteiger partial charge in [0.1, 0.15) is 0 Å². The minimum Gasteiger partial charge on any atom is -0.397 e. The summed E-state index contributed by atoms with van der Waals surface area (Å²) in [5.74, 6) is 0.110. The van der Waals surface area contributed by atoms with Crippen molar-refractivity contribution in [1.82, 2.24) is 10.1 Å². The van der Waals surface area contributed by atoms with Crippen molar-refractivity contribution in [3.05, 3.63) is 29.6 Å². The molecule has 0 atom stereocenters. The molecule has 19 heavy (non-hydrogen) atoms. The number of nitrogens with two attached hydrogens (primary N) is 1. The third-order valence-corrected chi connectivity index (χ3v) is 2.52. The average Bonchev–Trinajstić information content (AvgIpc) is 2.74. The molecule has 0 aliphatic carbocycles. The molecule has 0 unspecified atom stereocenters. The molecule has 0 fully saturated rings. The molecule has 100 valence electrons. The maximum Gasteiger partial charge on any atom is 0.328 e. The van der Waals surface area contributed by atoms with Crippen molar-refractivity contribution in [2.45, 2.75) is 6.92 Å². The highest BCUT2D eigenvalue weighted by molar-refractivity contribution is 6.04. The Balaban J connectivity index is 2.18. The molecular weight excluding hydrogens is 246 g/mol. The molecule has 0 saturated carbocycles. The number of nitrogen functional groups attached to an aromatic ring is 1. The van der Waals surface area contributed by atoms with Crippen LogP contribution in [0.25, 0.3) is 0 Å². The first kappa shape index (κ1) is 12.9. The van der Waals surface area contributed by atoms with Crippen LogP contribution in [0.15, 0.2) is 22.7 Å². The van der Waals surface area contributed by atoms with E-state index in [0.717, 1.165) is 5.69 Å². The predicted octanol–water partition coefficient (Wildman–Crippen LogP) is 1.28. The van der Waals surface area contributed by atoms with E-state index in [0.29, 0.717) is 17.1 Å². The standard InChI is InChI=1S/C12H15N5O2/c1-7-14-12(19-16-7)15-11(18)8-4-5-10(17(2)3)9(13)6-8/h4-6H,13H2,1-3H3,(H,14,15,16,18). The van der Waals surface area contributed by atoms with E-state index in [-0.39, 0.29) is 11.9 Å². The molecule has 2 aromatic rings. The molecule has 0 radical (unpaired) electrons. The smallest absolute Gasteiger partial charge is 0.328 e. The number of anilines is 3. The van der Waals surface area contributed by atoms with Crippen LogP contribution in [0.2, 0.25) is 0 Å². The predicted molar refractivity (Wildman–Crippen MR) is 72.2 cm³/mol. The summed E-state index contributed by atoms with van der Waals surface area (Å²) < 4.78 is 4.82. The van der Waals surface area contributed by atoms with Gasteiger partial charge in [-0.2, -0.15) is 4.98 Å². The Kier molecular flexibility index (Phi) is 3.37. The number of nitrogens with zero attached hydrogens (tertiary/aromatic N) is 3. The number of hydrogen-bond acceptors (Lipinski definition) is 6. The third-order valence-electron chi connectivity index (χ3n) is 2.52. The molecule has 1 aromatic carbocycles. The lowest BCUT2D eigenvalue weighted by Crippen LogP contribution is -2.15. The Labute approximate surface area is 110 Å². The highest BCUT2D eigenvalue weighted by Gasteiger charge is 2.12. The minimum atomic E-state index is -0.347. The number of aryl methyl sites for hydroxylation is 1. The second-order valence-electron chi connectivity index (χ2n) is 4.27. The molecule has 0 aliphatic rings. The zero-order valence-corrected chi connectivity index (χ0v) is 11.0. The highest BCUT2D eigenvalue weighted by Crippen LogP contribution is 2.22. The van der Waals surface area contributed by atoms with Crippen molar-refractivity contribution >= 4 is 23.3 Å². The summed E-state index contributed by atoms with van der Waals surface area (Å²) in [6.45, 7) is 1.67. The lowest BCUT2D eigenvalue weighted by molar-refractivity contribution is 0.102. The number of hydrogen-bond donors (Lipinski definition) is 2. The van der Waals surface area contributed by atoms with E-state index >= 15 is 0 Å². The van der Waals surface area contributed by atoms with Crippen molar-refractivity contribution in [3.63, 3.8) is 0 Å². The van der Waals surface area contributed by atoms with Gasteiger partial charge in [-0.3, -0.25) is 10.1 Å². The van der Waals surface area contributed by atoms with Crippen LogP contribution in [0.4, 0.5) is 17.4 Å². The lowest BCUT2D eigenvalue weighted by Gasteiger charge is -2.15. The summed E-state index contributed by atoms with van der Waals surface area (Å²) in [6.07, 6.45) is 0. The number of nitrogens with one attached hydrogen (secondary N) is 1. The van der Waals surface area contributed by atoms with E-state index in [2.05, 4.69) is 15.5 Å². The summed E-state index contributed by atoms with van der Waals surface area (Å²) in [5.41, 5.74) is 7.69. The van der Waals surface area contributed by atoms with Crippen LogP contribution in [-0.4, -0.2) is 30.1 Å². The van der Waals surface area contributed by atoms with Crippen LogP contribution in [0.3, 0.4) is 0 Å². The molecule has 0 saturated heterocycles. The van der Waals surface area contributed by atoms with E-state index in [1.807, 2.05) is 19.0 Å². The molecule has 1 aromatic heterocycles. The fraction of sp³-hybridized carbons (Fsp3) is 0.250. The van der Waals surface area contributed by atoms with E-state index in [9.17, 15) is 4.79 Å². The molecule has 7 nitrogen and oxygen atoms in total. The average molecular weight is 261 g/mol. The third kappa shape index (κ3) is 2.82. The van der Waals surface area contributed by atoms with Crippen LogP contribution in [0.1, 0.15) is 16.2 Å². The van der Waals surface area contributed by atoms with E-state index in [1.165, 1.54) is 0 Å². The summed E-state index contributed by atoms with van der Waals surface area (Å²) in [4.78, 5) is 17.7. The topological polar surface area (TPSA) is 97.3 Å². The first-order valence-corrected chi connectivity index (χ1v) is 5.66. The molecular formula is C12H15N5O2. The van der Waals surface area contributed by atoms with E-state index < -0.39 is 0 Å². The fourth-order valence-electron chi connectivity index (χ4n) is 1.62. The normalized spacial score (nSPS) is 10.3. The van der Waals surface area contributed by atoms with Gasteiger partial charge in [-0.15, -0.1) is 0 Å². The summed E-state index contributed by atoms with van der Waals surface area (Å²) in [7, 11) is 3.76. The number of rotatable bonds is 3. The minimum absolute atomic E-state index is 0.0674. The largest absolute Gasteiger partial charge is 0.397 e. The molecule has 0 aliphatic heterocycles. The Hall–Kier alpha value is -2.57. The lowest BCUT2D eigenvalue weighted by atomic mass is 10.1. The monoisotopic (exact) mass is 261 g/mol. The van der Waals surface area contributed by atoms with Gasteiger partial charge in [-0.25, -0.2) is 0 Å². The fourth-order valence-corrected chi connectivity index (χ4v) is 1.62. The number of carbonyl (C=O) groups is 1. The molecule has 1 amide bonds. The van der Waals surface area contributed by atoms with Gasteiger partial charge in [0.05, 0.1) is 11.4 Å². The molecule has 2 rings (SSSR count). The van der Waals surface area contributed by atoms with Crippen LogP contribution >= 0.6 is 0 Å². The Morgan fingerprint density at radius 3 is 2.68 bits per heavy atom. The van der Waals surface area contributed by atoms with Gasteiger partial charge in [0, 0.05) is 19.7 Å². The van der Waals surface area contributed by atoms with Crippen molar-refractivity contribution in [3.8, 4) is 0 Å². The Bertz CT molecular complexity index is 606. The molecule has 0 bridgehead atoms. The van der Waals surface area contributed by atoms with Gasteiger partial charge >= 0.3 is 6.01 Å². The van der Waals surface area contributed by atoms with E-state index in [4.69, 9.17) is 10.3 Å². The zero-order chi connectivity index (χ0) is 14.0. The first-order chi connectivity index (χ1) is 8.97. The van der Waals surface area contributed by atoms with Crippen molar-refractivity contribution in [2.24, 2.45) is 0 Å². The first-order valence-electron chi connectivity index (χ1n) is 5.66. The van der Waals surface area contributed by atoms with Crippen molar-refractivity contribution in [2.75, 3.05) is 30.0 Å². The van der Waals surface area contributed by atoms with Crippen molar-refractivity contribution in [1.29, 1.82) is 0 Å². The summed E-state index contributed by atoms with van der Waals surface area (Å²) >= 11 is 0. The summed E-state index contributed by atoms with van der Waals surface area (Å²) in [6, 6.07) is 5.14. The quantitative estimate of drug-likeness (QED) is 0.808. The molecule has 3 N–H and O–H groups in total. The molecule has 0 spiro atoms. The van der Waals surface area contributed by atoms with Gasteiger partial charge in [0.2, 0.25) is 0 Å². The van der Waals surface area contributed by atoms with Crippen LogP contribution in [-0.2, 0) is 0 Å². The van der Waals surface area contributed by atoms with Gasteiger partial charge in [-0.1, -0.05) is 5.16 Å². The number of amides is 1. The number of aromatic nitrogens is 2. The van der Waals surface area contributed by atoms with Crippen LogP contribution in [0.5, 0.6) is 0 Å². The number of benzene rings is 1. The molecule has 7 heteroatoms. The maximum absolute atomic E-state index is 11.9.